The van der Waals surface area contributed by atoms with E-state index in [9.17, 15) is 14.7 Å². The minimum Gasteiger partial charge on any atom is -0.497 e. The number of rotatable bonds is 6. The molecule has 1 atom stereocenters. The maximum Gasteiger partial charge on any atom is 0.335 e. The van der Waals surface area contributed by atoms with Crippen molar-refractivity contribution in [2.45, 2.75) is 26.3 Å². The number of hydrogen-bond donors (Lipinski definition) is 2. The van der Waals surface area contributed by atoms with Crippen molar-refractivity contribution in [3.63, 3.8) is 0 Å². The van der Waals surface area contributed by atoms with Crippen LogP contribution < -0.4 is 16.0 Å². The number of aliphatic imine (C=N–C) groups is 1. The molecule has 1 unspecified atom stereocenters. The predicted molar refractivity (Wildman–Crippen MR) is 113 cm³/mol. The molecule has 7 nitrogen and oxygen atoms in total. The van der Waals surface area contributed by atoms with E-state index >= 15 is 0 Å². The van der Waals surface area contributed by atoms with Crippen LogP contribution in [0.2, 0.25) is 0 Å². The van der Waals surface area contributed by atoms with Gasteiger partial charge in [0.25, 0.3) is 5.56 Å². The summed E-state index contributed by atoms with van der Waals surface area (Å²) in [7, 11) is 1.54. The average molecular weight is 393 g/mol. The maximum absolute atomic E-state index is 12.5. The van der Waals surface area contributed by atoms with Crippen LogP contribution in [0, 0.1) is 0 Å². The lowest BCUT2D eigenvalue weighted by Gasteiger charge is -2.14. The van der Waals surface area contributed by atoms with Gasteiger partial charge in [0.15, 0.2) is 0 Å². The molecule has 2 N–H and O–H groups in total. The van der Waals surface area contributed by atoms with Gasteiger partial charge in [0.05, 0.1) is 24.6 Å². The van der Waals surface area contributed by atoms with Gasteiger partial charge < -0.3 is 9.84 Å². The van der Waals surface area contributed by atoms with Gasteiger partial charge in [-0.3, -0.25) is 14.8 Å². The molecule has 3 rings (SSSR count). The lowest BCUT2D eigenvalue weighted by atomic mass is 10.1. The van der Waals surface area contributed by atoms with Crippen LogP contribution >= 0.6 is 0 Å². The monoisotopic (exact) mass is 393 g/mol. The van der Waals surface area contributed by atoms with Crippen molar-refractivity contribution >= 4 is 5.71 Å². The molecule has 0 spiro atoms. The van der Waals surface area contributed by atoms with Gasteiger partial charge >= 0.3 is 5.69 Å². The van der Waals surface area contributed by atoms with Gasteiger partial charge in [-0.25, -0.2) is 9.36 Å². The number of H-pyrrole nitrogens is 1. The molecule has 29 heavy (non-hydrogen) atoms. The van der Waals surface area contributed by atoms with Gasteiger partial charge in [-0.05, 0) is 43.2 Å². The van der Waals surface area contributed by atoms with Crippen molar-refractivity contribution in [2.24, 2.45) is 4.99 Å². The number of nitrogens with zero attached hydrogens (tertiary/aromatic N) is 2. The molecule has 7 heteroatoms. The highest BCUT2D eigenvalue weighted by molar-refractivity contribution is 6.02. The van der Waals surface area contributed by atoms with E-state index in [1.807, 2.05) is 44.2 Å². The summed E-state index contributed by atoms with van der Waals surface area (Å²) in [6, 6.07) is 16.0. The van der Waals surface area contributed by atoms with Crippen LogP contribution in [0.5, 0.6) is 11.6 Å². The fourth-order valence-corrected chi connectivity index (χ4v) is 3.13. The van der Waals surface area contributed by atoms with E-state index in [0.717, 1.165) is 10.1 Å². The van der Waals surface area contributed by atoms with Crippen molar-refractivity contribution in [1.82, 2.24) is 9.55 Å². The number of aromatic nitrogens is 2. The predicted octanol–water partition coefficient (Wildman–Crippen LogP) is 3.20. The van der Waals surface area contributed by atoms with E-state index in [2.05, 4.69) is 9.98 Å². The van der Waals surface area contributed by atoms with Gasteiger partial charge in [-0.1, -0.05) is 37.3 Å². The summed E-state index contributed by atoms with van der Waals surface area (Å²) in [6.45, 7) is 3.76. The topological polar surface area (TPSA) is 96.7 Å². The number of hydrogen-bond acceptors (Lipinski definition) is 5. The number of ether oxygens (including phenoxy) is 1. The Morgan fingerprint density at radius 3 is 2.38 bits per heavy atom. The van der Waals surface area contributed by atoms with E-state index in [1.165, 1.54) is 7.11 Å². The van der Waals surface area contributed by atoms with Crippen molar-refractivity contribution in [3.05, 3.63) is 86.6 Å². The Morgan fingerprint density at radius 2 is 1.79 bits per heavy atom. The zero-order chi connectivity index (χ0) is 21.0. The highest BCUT2D eigenvalue weighted by atomic mass is 16.5. The van der Waals surface area contributed by atoms with Gasteiger partial charge in [0.2, 0.25) is 5.88 Å². The fourth-order valence-electron chi connectivity index (χ4n) is 3.13. The first-order valence-electron chi connectivity index (χ1n) is 9.31. The zero-order valence-corrected chi connectivity index (χ0v) is 16.5. The Bertz CT molecular complexity index is 1130. The fraction of sp³-hybridized carbons (Fsp3) is 0.227. The SMILES string of the molecule is CCC(=NC(C)c1ccccc1)c1c(O)n(-c2ccc(OC)cc2)c(=O)[nH]c1=O. The van der Waals surface area contributed by atoms with Crippen LogP contribution in [-0.4, -0.2) is 27.5 Å². The molecule has 1 aromatic heterocycles. The largest absolute Gasteiger partial charge is 0.497 e. The molecule has 2 aromatic carbocycles. The Labute approximate surface area is 168 Å². The molecule has 0 aliphatic rings. The van der Waals surface area contributed by atoms with Crippen molar-refractivity contribution in [2.75, 3.05) is 7.11 Å². The molecule has 0 bridgehead atoms. The third kappa shape index (κ3) is 4.13. The summed E-state index contributed by atoms with van der Waals surface area (Å²) >= 11 is 0. The second-order valence-corrected chi connectivity index (χ2v) is 6.51. The summed E-state index contributed by atoms with van der Waals surface area (Å²) < 4.78 is 6.17. The number of methoxy groups -OCH3 is 1. The summed E-state index contributed by atoms with van der Waals surface area (Å²) in [5.74, 6) is 0.170. The van der Waals surface area contributed by atoms with Gasteiger partial charge in [-0.15, -0.1) is 0 Å². The van der Waals surface area contributed by atoms with Crippen molar-refractivity contribution in [3.8, 4) is 17.3 Å². The molecule has 0 saturated heterocycles. The lowest BCUT2D eigenvalue weighted by Crippen LogP contribution is -2.33. The normalized spacial score (nSPS) is 12.6. The molecule has 1 heterocycles. The van der Waals surface area contributed by atoms with Crippen LogP contribution in [0.15, 0.2) is 69.2 Å². The number of benzene rings is 2. The van der Waals surface area contributed by atoms with E-state index in [1.54, 1.807) is 24.3 Å². The van der Waals surface area contributed by atoms with Crippen LogP contribution in [0.3, 0.4) is 0 Å². The van der Waals surface area contributed by atoms with Crippen LogP contribution in [0.4, 0.5) is 0 Å². The van der Waals surface area contributed by atoms with Gasteiger partial charge in [0.1, 0.15) is 11.3 Å². The quantitative estimate of drug-likeness (QED) is 0.629. The Balaban J connectivity index is 2.14. The third-order valence-electron chi connectivity index (χ3n) is 4.67. The first kappa shape index (κ1) is 20.1. The van der Waals surface area contributed by atoms with E-state index < -0.39 is 17.1 Å². The molecule has 0 saturated carbocycles. The molecule has 0 aliphatic heterocycles. The lowest BCUT2D eigenvalue weighted by molar-refractivity contribution is 0.414. The minimum atomic E-state index is -0.729. The summed E-state index contributed by atoms with van der Waals surface area (Å²) in [4.78, 5) is 31.9. The zero-order valence-electron chi connectivity index (χ0n) is 16.5. The maximum atomic E-state index is 12.5. The Morgan fingerprint density at radius 1 is 1.14 bits per heavy atom. The van der Waals surface area contributed by atoms with Crippen molar-refractivity contribution in [1.29, 1.82) is 0 Å². The number of aromatic hydroxyl groups is 1. The minimum absolute atomic E-state index is 0.00861. The summed E-state index contributed by atoms with van der Waals surface area (Å²) in [5, 5.41) is 10.8. The molecule has 0 amide bonds. The second-order valence-electron chi connectivity index (χ2n) is 6.51. The summed E-state index contributed by atoms with van der Waals surface area (Å²) in [5.41, 5.74) is 0.398. The van der Waals surface area contributed by atoms with Gasteiger partial charge in [-0.2, -0.15) is 0 Å². The van der Waals surface area contributed by atoms with Crippen LogP contribution in [0.25, 0.3) is 5.69 Å². The van der Waals surface area contributed by atoms with E-state index in [0.29, 0.717) is 23.6 Å². The molecule has 3 aromatic rings. The smallest absolute Gasteiger partial charge is 0.335 e. The Hall–Kier alpha value is -3.61. The second kappa shape index (κ2) is 8.60. The number of aromatic amines is 1. The molecule has 0 radical (unpaired) electrons. The Kier molecular flexibility index (Phi) is 5.97. The standard InChI is InChI=1S/C22H23N3O4/c1-4-18(23-14(2)15-8-6-5-7-9-15)19-20(26)24-22(28)25(21(19)27)16-10-12-17(29-3)13-11-16/h5-14,27H,4H2,1-3H3,(H,24,26,28). The van der Waals surface area contributed by atoms with Crippen LogP contribution in [0.1, 0.15) is 37.4 Å². The first-order chi connectivity index (χ1) is 14.0. The average Bonchev–Trinajstić information content (AvgIpc) is 2.73. The van der Waals surface area contributed by atoms with Crippen LogP contribution in [-0.2, 0) is 0 Å². The van der Waals surface area contributed by atoms with E-state index in [4.69, 9.17) is 4.74 Å². The molecular formula is C22H23N3O4. The van der Waals surface area contributed by atoms with E-state index in [-0.39, 0.29) is 11.6 Å². The molecule has 0 fully saturated rings. The summed E-state index contributed by atoms with van der Waals surface area (Å²) in [6.07, 6.45) is 0.411. The molecular weight excluding hydrogens is 370 g/mol. The molecule has 0 aliphatic carbocycles. The van der Waals surface area contributed by atoms with Gasteiger partial charge in [0, 0.05) is 0 Å². The molecule has 150 valence electrons. The first-order valence-corrected chi connectivity index (χ1v) is 9.31. The van der Waals surface area contributed by atoms with Crippen molar-refractivity contribution < 1.29 is 9.84 Å². The highest BCUT2D eigenvalue weighted by Gasteiger charge is 2.20. The highest BCUT2D eigenvalue weighted by Crippen LogP contribution is 2.23. The number of nitrogens with one attached hydrogen (secondary N) is 1. The third-order valence-corrected chi connectivity index (χ3v) is 4.67.